The summed E-state index contributed by atoms with van der Waals surface area (Å²) in [5, 5.41) is 8.75. The Morgan fingerprint density at radius 1 is 1.20 bits per heavy atom. The molecule has 0 saturated heterocycles. The molecule has 0 spiro atoms. The number of hydrogen-bond acceptors (Lipinski definition) is 2. The fourth-order valence-electron chi connectivity index (χ4n) is 2.67. The molecule has 4 nitrogen and oxygen atoms in total. The highest BCUT2D eigenvalue weighted by Crippen LogP contribution is 2.23. The van der Waals surface area contributed by atoms with Crippen LogP contribution < -0.4 is 0 Å². The van der Waals surface area contributed by atoms with Gasteiger partial charge < -0.3 is 9.67 Å². The maximum absolute atomic E-state index is 10.6. The topological polar surface area (TPSA) is 55.1 Å². The molecule has 0 aliphatic carbocycles. The molecule has 0 radical (unpaired) electrons. The zero-order valence-corrected chi connectivity index (χ0v) is 12.4. The van der Waals surface area contributed by atoms with Gasteiger partial charge in [0.1, 0.15) is 5.82 Å². The summed E-state index contributed by atoms with van der Waals surface area (Å²) >= 11 is 0. The zero-order chi connectivity index (χ0) is 14.9. The van der Waals surface area contributed by atoms with Gasteiger partial charge in [0, 0.05) is 12.6 Å². The van der Waals surface area contributed by atoms with E-state index in [1.165, 1.54) is 16.7 Å². The van der Waals surface area contributed by atoms with Gasteiger partial charge in [-0.3, -0.25) is 4.79 Å². The van der Waals surface area contributed by atoms with Crippen LogP contribution in [0.15, 0.2) is 18.3 Å². The van der Waals surface area contributed by atoms with Crippen LogP contribution in [-0.2, 0) is 11.2 Å². The fourth-order valence-corrected chi connectivity index (χ4v) is 2.67. The summed E-state index contributed by atoms with van der Waals surface area (Å²) in [5.41, 5.74) is 5.61. The number of carboxylic acids is 1. The van der Waals surface area contributed by atoms with Crippen LogP contribution in [0.5, 0.6) is 0 Å². The Hall–Kier alpha value is -2.10. The minimum absolute atomic E-state index is 0.113. The summed E-state index contributed by atoms with van der Waals surface area (Å²) in [6.45, 7) is 8.21. The van der Waals surface area contributed by atoms with Crippen molar-refractivity contribution in [3.05, 3.63) is 46.5 Å². The first-order valence-electron chi connectivity index (χ1n) is 6.73. The summed E-state index contributed by atoms with van der Waals surface area (Å²) in [4.78, 5) is 15.1. The predicted octanol–water partition coefficient (Wildman–Crippen LogP) is 3.12. The summed E-state index contributed by atoms with van der Waals surface area (Å²) < 4.78 is 2.06. The zero-order valence-electron chi connectivity index (χ0n) is 12.4. The Balaban J connectivity index is 2.41. The van der Waals surface area contributed by atoms with Crippen molar-refractivity contribution in [3.8, 4) is 5.69 Å². The lowest BCUT2D eigenvalue weighted by molar-refractivity contribution is -0.136. The Kier molecular flexibility index (Phi) is 3.93. The summed E-state index contributed by atoms with van der Waals surface area (Å²) in [6, 6.07) is 4.30. The van der Waals surface area contributed by atoms with Gasteiger partial charge in [-0.25, -0.2) is 4.98 Å². The lowest BCUT2D eigenvalue weighted by atomic mass is 10.0. The van der Waals surface area contributed by atoms with Crippen molar-refractivity contribution >= 4 is 5.97 Å². The van der Waals surface area contributed by atoms with E-state index in [1.54, 1.807) is 0 Å². The largest absolute Gasteiger partial charge is 0.481 e. The van der Waals surface area contributed by atoms with Gasteiger partial charge in [0.05, 0.1) is 17.8 Å². The van der Waals surface area contributed by atoms with E-state index in [9.17, 15) is 4.79 Å². The second-order valence-electron chi connectivity index (χ2n) is 5.29. The van der Waals surface area contributed by atoms with E-state index in [1.807, 2.05) is 13.1 Å². The molecular formula is C16H20N2O2. The van der Waals surface area contributed by atoms with Gasteiger partial charge in [-0.2, -0.15) is 0 Å². The van der Waals surface area contributed by atoms with Crippen molar-refractivity contribution in [1.29, 1.82) is 0 Å². The summed E-state index contributed by atoms with van der Waals surface area (Å²) in [6.07, 6.45) is 2.53. The summed E-state index contributed by atoms with van der Waals surface area (Å²) in [7, 11) is 0. The van der Waals surface area contributed by atoms with E-state index in [2.05, 4.69) is 42.5 Å². The van der Waals surface area contributed by atoms with Crippen LogP contribution in [0.3, 0.4) is 0 Å². The first-order chi connectivity index (χ1) is 9.38. The van der Waals surface area contributed by atoms with Gasteiger partial charge in [-0.05, 0) is 38.8 Å². The van der Waals surface area contributed by atoms with Crippen molar-refractivity contribution in [2.75, 3.05) is 0 Å². The number of aliphatic carboxylic acids is 1. The van der Waals surface area contributed by atoms with Crippen LogP contribution in [0.25, 0.3) is 5.69 Å². The van der Waals surface area contributed by atoms with E-state index in [4.69, 9.17) is 5.11 Å². The van der Waals surface area contributed by atoms with Crippen LogP contribution in [0.1, 0.15) is 34.6 Å². The molecule has 0 unspecified atom stereocenters. The maximum Gasteiger partial charge on any atom is 0.303 e. The number of carbonyl (C=O) groups is 1. The molecule has 4 heteroatoms. The second-order valence-corrected chi connectivity index (χ2v) is 5.29. The van der Waals surface area contributed by atoms with Crippen LogP contribution in [0.4, 0.5) is 0 Å². The van der Waals surface area contributed by atoms with Gasteiger partial charge in [0.25, 0.3) is 0 Å². The molecule has 0 amide bonds. The maximum atomic E-state index is 10.6. The molecule has 0 fully saturated rings. The van der Waals surface area contributed by atoms with Gasteiger partial charge in [0.15, 0.2) is 0 Å². The third-order valence-electron chi connectivity index (χ3n) is 3.40. The van der Waals surface area contributed by atoms with Crippen LogP contribution in [-0.4, -0.2) is 20.6 Å². The normalized spacial score (nSPS) is 10.8. The van der Waals surface area contributed by atoms with Gasteiger partial charge in [-0.15, -0.1) is 0 Å². The van der Waals surface area contributed by atoms with Gasteiger partial charge in [-0.1, -0.05) is 17.7 Å². The van der Waals surface area contributed by atoms with Crippen molar-refractivity contribution in [3.63, 3.8) is 0 Å². The van der Waals surface area contributed by atoms with E-state index in [0.717, 1.165) is 17.2 Å². The molecule has 2 aromatic rings. The average molecular weight is 272 g/mol. The average Bonchev–Trinajstić information content (AvgIpc) is 2.67. The molecule has 0 saturated carbocycles. The van der Waals surface area contributed by atoms with Crippen molar-refractivity contribution < 1.29 is 9.90 Å². The fraction of sp³-hybridized carbons (Fsp3) is 0.375. The predicted molar refractivity (Wildman–Crippen MR) is 78.5 cm³/mol. The lowest BCUT2D eigenvalue weighted by Gasteiger charge is -2.13. The molecule has 1 aromatic carbocycles. The van der Waals surface area contributed by atoms with Gasteiger partial charge >= 0.3 is 5.97 Å². The molecule has 1 N–H and O–H groups in total. The van der Waals surface area contributed by atoms with Crippen LogP contribution >= 0.6 is 0 Å². The monoisotopic (exact) mass is 272 g/mol. The molecule has 0 atom stereocenters. The van der Waals surface area contributed by atoms with Gasteiger partial charge in [0.2, 0.25) is 0 Å². The third kappa shape index (κ3) is 2.90. The SMILES string of the molecule is Cc1cc(C)c(-n2cc(CCC(=O)O)nc2C)c(C)c1. The third-order valence-corrected chi connectivity index (χ3v) is 3.40. The summed E-state index contributed by atoms with van der Waals surface area (Å²) in [5.74, 6) is 0.0975. The number of nitrogens with zero attached hydrogens (tertiary/aromatic N) is 2. The van der Waals surface area contributed by atoms with E-state index < -0.39 is 5.97 Å². The Bertz CT molecular complexity index is 633. The first-order valence-corrected chi connectivity index (χ1v) is 6.73. The highest BCUT2D eigenvalue weighted by molar-refractivity contribution is 5.67. The highest BCUT2D eigenvalue weighted by Gasteiger charge is 2.11. The molecule has 2 rings (SSSR count). The quantitative estimate of drug-likeness (QED) is 0.930. The minimum Gasteiger partial charge on any atom is -0.481 e. The Labute approximate surface area is 119 Å². The number of aromatic nitrogens is 2. The minimum atomic E-state index is -0.792. The number of carboxylic acid groups (broad SMARTS) is 1. The van der Waals surface area contributed by atoms with Crippen molar-refractivity contribution in [2.45, 2.75) is 40.5 Å². The van der Waals surface area contributed by atoms with Crippen LogP contribution in [0, 0.1) is 27.7 Å². The van der Waals surface area contributed by atoms with E-state index >= 15 is 0 Å². The first kappa shape index (κ1) is 14.3. The van der Waals surface area contributed by atoms with Crippen LogP contribution in [0.2, 0.25) is 0 Å². The number of imidazole rings is 1. The molecule has 0 aliphatic heterocycles. The number of benzene rings is 1. The smallest absolute Gasteiger partial charge is 0.303 e. The van der Waals surface area contributed by atoms with E-state index in [-0.39, 0.29) is 6.42 Å². The molecule has 1 heterocycles. The Morgan fingerprint density at radius 3 is 2.35 bits per heavy atom. The molecule has 1 aromatic heterocycles. The standard InChI is InChI=1S/C16H20N2O2/c1-10-7-11(2)16(12(3)8-10)18-9-14(17-13(18)4)5-6-15(19)20/h7-9H,5-6H2,1-4H3,(H,19,20). The molecule has 0 bridgehead atoms. The van der Waals surface area contributed by atoms with Crippen molar-refractivity contribution in [1.82, 2.24) is 9.55 Å². The molecule has 0 aliphatic rings. The molecular weight excluding hydrogens is 252 g/mol. The molecule has 106 valence electrons. The molecule has 20 heavy (non-hydrogen) atoms. The lowest BCUT2D eigenvalue weighted by Crippen LogP contribution is -2.01. The highest BCUT2D eigenvalue weighted by atomic mass is 16.4. The number of hydrogen-bond donors (Lipinski definition) is 1. The second kappa shape index (κ2) is 5.49. The number of aryl methyl sites for hydroxylation is 5. The van der Waals surface area contributed by atoms with Crippen molar-refractivity contribution in [2.24, 2.45) is 0 Å². The van der Waals surface area contributed by atoms with E-state index in [0.29, 0.717) is 6.42 Å². The Morgan fingerprint density at radius 2 is 1.80 bits per heavy atom. The number of rotatable bonds is 4.